The fraction of sp³-hybridized carbons (Fsp3) is 0. The van der Waals surface area contributed by atoms with Crippen LogP contribution < -0.4 is 5.73 Å². The van der Waals surface area contributed by atoms with Crippen molar-refractivity contribution in [2.24, 2.45) is 0 Å². The molecule has 0 radical (unpaired) electrons. The zero-order valence-corrected chi connectivity index (χ0v) is 13.8. The number of nitrogen functional groups attached to an aromatic ring is 1. The van der Waals surface area contributed by atoms with Crippen LogP contribution in [-0.4, -0.2) is 5.16 Å². The minimum absolute atomic E-state index is 0.310. The van der Waals surface area contributed by atoms with Crippen molar-refractivity contribution >= 4 is 56.3 Å². The normalized spacial score (nSPS) is 10.9. The fourth-order valence-electron chi connectivity index (χ4n) is 1.91. The Morgan fingerprint density at radius 3 is 2.60 bits per heavy atom. The molecule has 0 amide bonds. The highest BCUT2D eigenvalue weighted by molar-refractivity contribution is 9.10. The molecule has 0 atom stereocenters. The maximum absolute atomic E-state index is 6.18. The van der Waals surface area contributed by atoms with Crippen molar-refractivity contribution in [1.29, 1.82) is 0 Å². The summed E-state index contributed by atoms with van der Waals surface area (Å²) in [5.41, 5.74) is 8.22. The lowest BCUT2D eigenvalue weighted by Crippen LogP contribution is -1.89. The summed E-state index contributed by atoms with van der Waals surface area (Å²) in [6, 6.07) is 9.44. The van der Waals surface area contributed by atoms with Crippen molar-refractivity contribution in [3.8, 4) is 22.5 Å². The highest BCUT2D eigenvalue weighted by Crippen LogP contribution is 2.45. The summed E-state index contributed by atoms with van der Waals surface area (Å²) in [6.07, 6.45) is 0. The smallest absolute Gasteiger partial charge is 0.179 e. The molecular weight excluding hydrogens is 383 g/mol. The van der Waals surface area contributed by atoms with Gasteiger partial charge in [-0.05, 0) is 12.1 Å². The van der Waals surface area contributed by atoms with Crippen LogP contribution in [0.25, 0.3) is 22.5 Å². The van der Waals surface area contributed by atoms with Crippen LogP contribution in [0.3, 0.4) is 0 Å². The molecule has 0 unspecified atom stereocenters. The van der Waals surface area contributed by atoms with E-state index in [1.165, 1.54) is 11.3 Å². The summed E-state index contributed by atoms with van der Waals surface area (Å²) >= 11 is 16.9. The third kappa shape index (κ3) is 2.35. The lowest BCUT2D eigenvalue weighted by Gasteiger charge is -2.04. The molecule has 1 aromatic carbocycles. The summed E-state index contributed by atoms with van der Waals surface area (Å²) in [6.45, 7) is 0. The summed E-state index contributed by atoms with van der Waals surface area (Å²) < 4.78 is 7.37. The van der Waals surface area contributed by atoms with E-state index < -0.39 is 0 Å². The van der Waals surface area contributed by atoms with Gasteiger partial charge in [0.25, 0.3) is 0 Å². The quantitative estimate of drug-likeness (QED) is 0.609. The number of aromatic nitrogens is 1. The second-order valence-electron chi connectivity index (χ2n) is 3.99. The standard InChI is InChI=1S/C13H7BrCl2N2OS/c14-8-4-2-1-3-6(8)10-11(19-18-13(10)17)7-5-9(15)20-12(7)16/h1-5H,(H2,17,18). The number of halogens is 3. The van der Waals surface area contributed by atoms with Gasteiger partial charge in [0, 0.05) is 10.0 Å². The Morgan fingerprint density at radius 1 is 1.20 bits per heavy atom. The van der Waals surface area contributed by atoms with Crippen LogP contribution in [0, 0.1) is 0 Å². The molecule has 102 valence electrons. The minimum Gasteiger partial charge on any atom is -0.380 e. The van der Waals surface area contributed by atoms with Gasteiger partial charge in [0.1, 0.15) is 4.34 Å². The highest BCUT2D eigenvalue weighted by atomic mass is 79.9. The van der Waals surface area contributed by atoms with E-state index >= 15 is 0 Å². The molecule has 20 heavy (non-hydrogen) atoms. The second-order valence-corrected chi connectivity index (χ2v) is 7.13. The van der Waals surface area contributed by atoms with Gasteiger partial charge in [0.2, 0.25) is 0 Å². The van der Waals surface area contributed by atoms with E-state index in [1.54, 1.807) is 6.07 Å². The topological polar surface area (TPSA) is 52.0 Å². The Balaban J connectivity index is 2.26. The van der Waals surface area contributed by atoms with Crippen LogP contribution in [0.2, 0.25) is 8.67 Å². The second kappa shape index (κ2) is 5.41. The Labute approximate surface area is 137 Å². The number of thiophene rings is 1. The zero-order valence-electron chi connectivity index (χ0n) is 9.86. The van der Waals surface area contributed by atoms with E-state index in [1.807, 2.05) is 24.3 Å². The molecule has 0 saturated heterocycles. The lowest BCUT2D eigenvalue weighted by molar-refractivity contribution is 0.436. The van der Waals surface area contributed by atoms with Gasteiger partial charge in [0.15, 0.2) is 11.6 Å². The Kier molecular flexibility index (Phi) is 3.77. The molecule has 7 heteroatoms. The molecule has 0 spiro atoms. The van der Waals surface area contributed by atoms with Crippen molar-refractivity contribution in [1.82, 2.24) is 5.16 Å². The third-order valence-electron chi connectivity index (χ3n) is 2.76. The van der Waals surface area contributed by atoms with Crippen LogP contribution in [0.4, 0.5) is 5.82 Å². The van der Waals surface area contributed by atoms with Gasteiger partial charge in [-0.1, -0.05) is 62.5 Å². The molecule has 0 bridgehead atoms. The van der Waals surface area contributed by atoms with Crippen molar-refractivity contribution in [2.45, 2.75) is 0 Å². The molecule has 2 aromatic heterocycles. The molecule has 0 aliphatic carbocycles. The first-order valence-electron chi connectivity index (χ1n) is 5.53. The van der Waals surface area contributed by atoms with E-state index in [4.69, 9.17) is 33.5 Å². The molecule has 0 aliphatic rings. The van der Waals surface area contributed by atoms with Crippen LogP contribution in [0.15, 0.2) is 39.3 Å². The predicted molar refractivity (Wildman–Crippen MR) is 87.4 cm³/mol. The summed E-state index contributed by atoms with van der Waals surface area (Å²) in [7, 11) is 0. The van der Waals surface area contributed by atoms with Gasteiger partial charge in [-0.3, -0.25) is 0 Å². The summed E-state index contributed by atoms with van der Waals surface area (Å²) in [5, 5.41) is 3.85. The van der Waals surface area contributed by atoms with Crippen molar-refractivity contribution in [2.75, 3.05) is 5.73 Å². The molecule has 2 N–H and O–H groups in total. The van der Waals surface area contributed by atoms with Crippen LogP contribution >= 0.6 is 50.5 Å². The maximum atomic E-state index is 6.18. The van der Waals surface area contributed by atoms with Crippen molar-refractivity contribution < 1.29 is 4.52 Å². The largest absolute Gasteiger partial charge is 0.380 e. The first-order chi connectivity index (χ1) is 9.58. The minimum atomic E-state index is 0.310. The van der Waals surface area contributed by atoms with Gasteiger partial charge in [-0.2, -0.15) is 0 Å². The average Bonchev–Trinajstić information content (AvgIpc) is 2.93. The van der Waals surface area contributed by atoms with Crippen molar-refractivity contribution in [3.05, 3.63) is 43.5 Å². The molecular formula is C13H7BrCl2N2OS. The molecule has 3 aromatic rings. The molecule has 3 rings (SSSR count). The number of benzene rings is 1. The number of anilines is 1. The Bertz CT molecular complexity index is 785. The molecule has 0 aliphatic heterocycles. The number of hydrogen-bond acceptors (Lipinski definition) is 4. The van der Waals surface area contributed by atoms with Gasteiger partial charge < -0.3 is 10.3 Å². The van der Waals surface area contributed by atoms with E-state index in [0.717, 1.165) is 10.0 Å². The van der Waals surface area contributed by atoms with Crippen LogP contribution in [0.5, 0.6) is 0 Å². The predicted octanol–water partition coefficient (Wildman–Crippen LogP) is 5.72. The molecule has 2 heterocycles. The first-order valence-corrected chi connectivity index (χ1v) is 7.89. The van der Waals surface area contributed by atoms with E-state index in [-0.39, 0.29) is 0 Å². The monoisotopic (exact) mass is 388 g/mol. The van der Waals surface area contributed by atoms with Gasteiger partial charge in [-0.15, -0.1) is 11.3 Å². The summed E-state index contributed by atoms with van der Waals surface area (Å²) in [5.74, 6) is 0.827. The molecule has 3 nitrogen and oxygen atoms in total. The Hall–Kier alpha value is -1.01. The number of hydrogen-bond donors (Lipinski definition) is 1. The third-order valence-corrected chi connectivity index (χ3v) is 4.94. The highest BCUT2D eigenvalue weighted by Gasteiger charge is 2.22. The van der Waals surface area contributed by atoms with Crippen molar-refractivity contribution in [3.63, 3.8) is 0 Å². The summed E-state index contributed by atoms with van der Waals surface area (Å²) in [4.78, 5) is 0. The number of nitrogens with zero attached hydrogens (tertiary/aromatic N) is 1. The SMILES string of the molecule is Nc1noc(-c2cc(Cl)sc2Cl)c1-c1ccccc1Br. The number of rotatable bonds is 2. The molecule has 0 fully saturated rings. The van der Waals surface area contributed by atoms with Gasteiger partial charge in [-0.25, -0.2) is 0 Å². The Morgan fingerprint density at radius 2 is 1.95 bits per heavy atom. The van der Waals surface area contributed by atoms with Crippen LogP contribution in [0.1, 0.15) is 0 Å². The average molecular weight is 390 g/mol. The number of nitrogens with two attached hydrogens (primary N) is 1. The van der Waals surface area contributed by atoms with E-state index in [2.05, 4.69) is 21.1 Å². The van der Waals surface area contributed by atoms with E-state index in [9.17, 15) is 0 Å². The van der Waals surface area contributed by atoms with Gasteiger partial charge in [0.05, 0.1) is 15.5 Å². The first kappa shape index (κ1) is 13.9. The van der Waals surface area contributed by atoms with Crippen LogP contribution in [-0.2, 0) is 0 Å². The lowest BCUT2D eigenvalue weighted by atomic mass is 10.0. The zero-order chi connectivity index (χ0) is 14.3. The molecule has 0 saturated carbocycles. The fourth-order valence-corrected chi connectivity index (χ4v) is 3.85. The van der Waals surface area contributed by atoms with E-state index in [0.29, 0.717) is 31.4 Å². The maximum Gasteiger partial charge on any atom is 0.179 e. The van der Waals surface area contributed by atoms with Gasteiger partial charge >= 0.3 is 0 Å².